The molecule has 1 N–H and O–H groups in total. The first-order valence-electron chi connectivity index (χ1n) is 9.90. The molecule has 0 fully saturated rings. The largest absolute Gasteiger partial charge is 0.452 e. The van der Waals surface area contributed by atoms with Crippen LogP contribution in [0.4, 0.5) is 24.5 Å². The predicted molar refractivity (Wildman–Crippen MR) is 122 cm³/mol. The van der Waals surface area contributed by atoms with Gasteiger partial charge in [-0.15, -0.1) is 11.3 Å². The second-order valence-electron chi connectivity index (χ2n) is 7.16. The Morgan fingerprint density at radius 3 is 2.54 bits per heavy atom. The summed E-state index contributed by atoms with van der Waals surface area (Å²) in [5.41, 5.74) is -1.69. The van der Waals surface area contributed by atoms with Crippen molar-refractivity contribution in [2.45, 2.75) is 6.18 Å². The molecule has 35 heavy (non-hydrogen) atoms. The number of nitrogens with zero attached hydrogens (tertiary/aromatic N) is 2. The van der Waals surface area contributed by atoms with Gasteiger partial charge < -0.3 is 10.1 Å². The zero-order chi connectivity index (χ0) is 25.2. The maximum Gasteiger partial charge on any atom is 0.418 e. The Kier molecular flexibility index (Phi) is 6.47. The highest BCUT2D eigenvalue weighted by atomic mass is 32.1. The van der Waals surface area contributed by atoms with Gasteiger partial charge in [-0.2, -0.15) is 13.2 Å². The number of carbonyl (C=O) groups is 2. The number of fused-ring (bicyclic) bond motifs is 1. The van der Waals surface area contributed by atoms with Crippen molar-refractivity contribution >= 4 is 45.5 Å². The molecule has 0 spiro atoms. The first-order chi connectivity index (χ1) is 16.6. The fraction of sp³-hybridized carbons (Fsp3) is 0.0870. The number of nitrogens with one attached hydrogen (secondary N) is 1. The maximum absolute atomic E-state index is 13.3. The Morgan fingerprint density at radius 1 is 1.09 bits per heavy atom. The van der Waals surface area contributed by atoms with Crippen molar-refractivity contribution in [3.05, 3.63) is 87.3 Å². The lowest BCUT2D eigenvalue weighted by Gasteiger charge is -2.14. The average molecular weight is 501 g/mol. The summed E-state index contributed by atoms with van der Waals surface area (Å²) in [5.74, 6) is -1.91. The molecule has 0 atom stereocenters. The smallest absolute Gasteiger partial charge is 0.418 e. The lowest BCUT2D eigenvalue weighted by Crippen LogP contribution is -2.23. The molecule has 0 radical (unpaired) electrons. The first kappa shape index (κ1) is 23.8. The molecule has 0 bridgehead atoms. The molecule has 0 aliphatic heterocycles. The number of amides is 1. The van der Waals surface area contributed by atoms with Crippen LogP contribution in [0.1, 0.15) is 15.9 Å². The summed E-state index contributed by atoms with van der Waals surface area (Å²) in [6, 6.07) is 13.9. The second-order valence-corrected chi connectivity index (χ2v) is 8.11. The summed E-state index contributed by atoms with van der Waals surface area (Å²) in [5, 5.41) is 15.1. The van der Waals surface area contributed by atoms with Gasteiger partial charge in [-0.25, -0.2) is 9.78 Å². The van der Waals surface area contributed by atoms with Crippen LogP contribution in [0.2, 0.25) is 0 Å². The Hall–Kier alpha value is -4.32. The molecule has 0 aliphatic carbocycles. The Labute approximate surface area is 199 Å². The van der Waals surface area contributed by atoms with Crippen molar-refractivity contribution < 1.29 is 32.4 Å². The predicted octanol–water partition coefficient (Wildman–Crippen LogP) is 5.69. The van der Waals surface area contributed by atoms with E-state index in [1.165, 1.54) is 17.4 Å². The van der Waals surface area contributed by atoms with Gasteiger partial charge in [0.25, 0.3) is 11.6 Å². The number of nitro groups is 1. The minimum Gasteiger partial charge on any atom is -0.452 e. The number of non-ortho nitro benzene ring substituents is 1. The highest BCUT2D eigenvalue weighted by Crippen LogP contribution is 2.37. The van der Waals surface area contributed by atoms with Gasteiger partial charge in [0.15, 0.2) is 6.61 Å². The van der Waals surface area contributed by atoms with Crippen molar-refractivity contribution in [3.63, 3.8) is 0 Å². The summed E-state index contributed by atoms with van der Waals surface area (Å²) >= 11 is 1.42. The molecule has 1 amide bonds. The highest BCUT2D eigenvalue weighted by Gasteiger charge is 2.35. The van der Waals surface area contributed by atoms with Crippen molar-refractivity contribution in [1.29, 1.82) is 0 Å². The number of para-hydroxylation sites is 1. The van der Waals surface area contributed by atoms with Crippen LogP contribution in [0.3, 0.4) is 0 Å². The summed E-state index contributed by atoms with van der Waals surface area (Å²) in [7, 11) is 0. The third kappa shape index (κ3) is 5.27. The van der Waals surface area contributed by atoms with E-state index in [-0.39, 0.29) is 5.56 Å². The maximum atomic E-state index is 13.3. The molecule has 0 saturated carbocycles. The quantitative estimate of drug-likeness (QED) is 0.207. The zero-order valence-electron chi connectivity index (χ0n) is 17.5. The number of rotatable bonds is 6. The average Bonchev–Trinajstić information content (AvgIpc) is 3.36. The van der Waals surface area contributed by atoms with Crippen LogP contribution in [0.15, 0.2) is 66.0 Å². The van der Waals surface area contributed by atoms with Gasteiger partial charge in [0.2, 0.25) is 0 Å². The van der Waals surface area contributed by atoms with Gasteiger partial charge in [0.05, 0.1) is 37.8 Å². The number of ether oxygens (including phenoxy) is 1. The molecule has 8 nitrogen and oxygen atoms in total. The number of nitro benzene ring substituents is 1. The van der Waals surface area contributed by atoms with E-state index in [9.17, 15) is 32.9 Å². The van der Waals surface area contributed by atoms with Gasteiger partial charge in [-0.3, -0.25) is 14.9 Å². The van der Waals surface area contributed by atoms with E-state index in [4.69, 9.17) is 4.74 Å². The van der Waals surface area contributed by atoms with Gasteiger partial charge in [0.1, 0.15) is 0 Å². The normalized spacial score (nSPS) is 11.3. The van der Waals surface area contributed by atoms with E-state index in [1.54, 1.807) is 24.3 Å². The molecule has 0 unspecified atom stereocenters. The van der Waals surface area contributed by atoms with Gasteiger partial charge >= 0.3 is 12.1 Å². The van der Waals surface area contributed by atoms with Crippen molar-refractivity contribution in [3.8, 4) is 10.6 Å². The number of hydrogen-bond acceptors (Lipinski definition) is 7. The molecule has 4 aromatic rings. The summed E-state index contributed by atoms with van der Waals surface area (Å²) < 4.78 is 45.0. The molecule has 2 heterocycles. The third-order valence-electron chi connectivity index (χ3n) is 4.84. The van der Waals surface area contributed by atoms with E-state index in [0.717, 1.165) is 17.0 Å². The van der Waals surface area contributed by atoms with Crippen molar-refractivity contribution in [2.75, 3.05) is 11.9 Å². The van der Waals surface area contributed by atoms with Gasteiger partial charge in [-0.05, 0) is 29.6 Å². The van der Waals surface area contributed by atoms with Crippen molar-refractivity contribution in [1.82, 2.24) is 4.98 Å². The Bertz CT molecular complexity index is 1440. The summed E-state index contributed by atoms with van der Waals surface area (Å²) in [4.78, 5) is 40.2. The number of hydrogen-bond donors (Lipinski definition) is 1. The van der Waals surface area contributed by atoms with E-state index in [0.29, 0.717) is 22.7 Å². The van der Waals surface area contributed by atoms with Crippen LogP contribution >= 0.6 is 11.3 Å². The molecular formula is C23H14F3N3O5S. The molecule has 12 heteroatoms. The van der Waals surface area contributed by atoms with E-state index in [1.807, 2.05) is 22.8 Å². The third-order valence-corrected chi connectivity index (χ3v) is 5.73. The molecule has 2 aromatic heterocycles. The Balaban J connectivity index is 1.54. The molecule has 0 saturated heterocycles. The SMILES string of the molecule is O=C(COC(=O)c1cc(-c2cccs2)nc2ccccc12)Nc1ccc([N+](=O)[O-])cc1C(F)(F)F. The van der Waals surface area contributed by atoms with Crippen LogP contribution in [-0.4, -0.2) is 28.4 Å². The second kappa shape index (κ2) is 9.50. The van der Waals surface area contributed by atoms with Gasteiger partial charge in [-0.1, -0.05) is 24.3 Å². The fourth-order valence-corrected chi connectivity index (χ4v) is 3.97. The monoisotopic (exact) mass is 501 g/mol. The first-order valence-corrected chi connectivity index (χ1v) is 10.8. The molecule has 0 aliphatic rings. The van der Waals surface area contributed by atoms with Crippen LogP contribution in [-0.2, 0) is 15.7 Å². The number of benzene rings is 2. The van der Waals surface area contributed by atoms with Crippen LogP contribution < -0.4 is 5.32 Å². The molecular weight excluding hydrogens is 487 g/mol. The number of pyridine rings is 1. The van der Waals surface area contributed by atoms with E-state index >= 15 is 0 Å². The van der Waals surface area contributed by atoms with E-state index in [2.05, 4.69) is 4.98 Å². The lowest BCUT2D eigenvalue weighted by atomic mass is 10.1. The summed E-state index contributed by atoms with van der Waals surface area (Å²) in [6.07, 6.45) is -4.96. The Morgan fingerprint density at radius 2 is 1.86 bits per heavy atom. The van der Waals surface area contributed by atoms with Crippen molar-refractivity contribution in [2.24, 2.45) is 0 Å². The topological polar surface area (TPSA) is 111 Å². The van der Waals surface area contributed by atoms with E-state index < -0.39 is 46.5 Å². The number of thiophene rings is 1. The summed E-state index contributed by atoms with van der Waals surface area (Å²) in [6.45, 7) is -0.877. The highest BCUT2D eigenvalue weighted by molar-refractivity contribution is 7.13. The lowest BCUT2D eigenvalue weighted by molar-refractivity contribution is -0.385. The van der Waals surface area contributed by atoms with Crippen LogP contribution in [0.5, 0.6) is 0 Å². The minimum absolute atomic E-state index is 0.137. The number of alkyl halides is 3. The number of halogens is 3. The minimum atomic E-state index is -4.96. The zero-order valence-corrected chi connectivity index (χ0v) is 18.4. The van der Waals surface area contributed by atoms with Crippen LogP contribution in [0.25, 0.3) is 21.5 Å². The molecule has 4 rings (SSSR count). The number of anilines is 1. The molecule has 178 valence electrons. The van der Waals surface area contributed by atoms with Crippen LogP contribution in [0, 0.1) is 10.1 Å². The standard InChI is InChI=1S/C23H14F3N3O5S/c24-23(25,26)16-10-13(29(32)33)7-8-18(16)28-21(30)12-34-22(31)15-11-19(20-6-3-9-35-20)27-17-5-2-1-4-14(15)17/h1-11H,12H2,(H,28,30). The number of aromatic nitrogens is 1. The number of esters is 1. The number of carbonyl (C=O) groups excluding carboxylic acids is 2. The fourth-order valence-electron chi connectivity index (χ4n) is 3.28. The van der Waals surface area contributed by atoms with Gasteiger partial charge in [0, 0.05) is 17.5 Å². The molecule has 2 aromatic carbocycles.